The fourth-order valence-corrected chi connectivity index (χ4v) is 2.17. The van der Waals surface area contributed by atoms with Gasteiger partial charge in [-0.15, -0.1) is 0 Å². The van der Waals surface area contributed by atoms with Crippen molar-refractivity contribution < 1.29 is 9.59 Å². The first-order chi connectivity index (χ1) is 11.6. The second-order valence-corrected chi connectivity index (χ2v) is 5.77. The Morgan fingerprint density at radius 3 is 2.46 bits per heavy atom. The second kappa shape index (κ2) is 8.67. The number of rotatable bonds is 6. The zero-order valence-corrected chi connectivity index (χ0v) is 13.8. The van der Waals surface area contributed by atoms with Crippen LogP contribution in [0.4, 0.5) is 10.5 Å². The van der Waals surface area contributed by atoms with Crippen LogP contribution in [-0.4, -0.2) is 23.0 Å². The SMILES string of the molecule is CC(C)C(NC(=O)Nc1ccccc1)C(=O)NCc1cccnc1. The number of nitrogens with zero attached hydrogens (tertiary/aromatic N) is 1. The number of anilines is 1. The van der Waals surface area contributed by atoms with Gasteiger partial charge in [0.2, 0.25) is 5.91 Å². The molecule has 0 fully saturated rings. The van der Waals surface area contributed by atoms with Gasteiger partial charge in [-0.3, -0.25) is 9.78 Å². The normalized spacial score (nSPS) is 11.6. The molecule has 0 spiro atoms. The molecule has 24 heavy (non-hydrogen) atoms. The summed E-state index contributed by atoms with van der Waals surface area (Å²) in [5.41, 5.74) is 1.58. The number of urea groups is 1. The highest BCUT2D eigenvalue weighted by Crippen LogP contribution is 2.07. The predicted octanol–water partition coefficient (Wildman–Crippen LogP) is 2.54. The Kier molecular flexibility index (Phi) is 6.31. The molecule has 2 rings (SSSR count). The first-order valence-corrected chi connectivity index (χ1v) is 7.85. The summed E-state index contributed by atoms with van der Waals surface area (Å²) in [6.07, 6.45) is 3.37. The van der Waals surface area contributed by atoms with Gasteiger partial charge >= 0.3 is 6.03 Å². The van der Waals surface area contributed by atoms with Crippen molar-refractivity contribution in [3.8, 4) is 0 Å². The molecule has 3 N–H and O–H groups in total. The minimum absolute atomic E-state index is 0.0413. The van der Waals surface area contributed by atoms with Crippen LogP contribution in [0.1, 0.15) is 19.4 Å². The van der Waals surface area contributed by atoms with Crippen LogP contribution < -0.4 is 16.0 Å². The topological polar surface area (TPSA) is 83.1 Å². The van der Waals surface area contributed by atoms with E-state index in [2.05, 4.69) is 20.9 Å². The summed E-state index contributed by atoms with van der Waals surface area (Å²) in [7, 11) is 0. The van der Waals surface area contributed by atoms with Crippen molar-refractivity contribution >= 4 is 17.6 Å². The molecule has 1 aromatic heterocycles. The minimum Gasteiger partial charge on any atom is -0.350 e. The zero-order chi connectivity index (χ0) is 17.4. The van der Waals surface area contributed by atoms with Gasteiger partial charge in [0.05, 0.1) is 0 Å². The number of nitrogens with one attached hydrogen (secondary N) is 3. The molecule has 6 nitrogen and oxygen atoms in total. The predicted molar refractivity (Wildman–Crippen MR) is 93.3 cm³/mol. The number of hydrogen-bond donors (Lipinski definition) is 3. The molecule has 0 bridgehead atoms. The van der Waals surface area contributed by atoms with Crippen molar-refractivity contribution in [3.05, 3.63) is 60.4 Å². The lowest BCUT2D eigenvalue weighted by atomic mass is 10.0. The molecule has 0 radical (unpaired) electrons. The Labute approximate surface area is 141 Å². The first-order valence-electron chi connectivity index (χ1n) is 7.85. The zero-order valence-electron chi connectivity index (χ0n) is 13.8. The third kappa shape index (κ3) is 5.39. The number of benzene rings is 1. The molecule has 6 heteroatoms. The molecule has 2 aromatic rings. The number of para-hydroxylation sites is 1. The Bertz CT molecular complexity index is 659. The van der Waals surface area contributed by atoms with Crippen molar-refractivity contribution in [2.24, 2.45) is 5.92 Å². The summed E-state index contributed by atoms with van der Waals surface area (Å²) in [6.45, 7) is 4.14. The molecule has 1 atom stereocenters. The number of hydrogen-bond acceptors (Lipinski definition) is 3. The molecular weight excluding hydrogens is 304 g/mol. The van der Waals surface area contributed by atoms with Crippen LogP contribution in [0.2, 0.25) is 0 Å². The monoisotopic (exact) mass is 326 g/mol. The third-order valence-corrected chi connectivity index (χ3v) is 3.46. The van der Waals surface area contributed by atoms with E-state index in [-0.39, 0.29) is 11.8 Å². The number of amides is 3. The van der Waals surface area contributed by atoms with Crippen molar-refractivity contribution in [1.82, 2.24) is 15.6 Å². The van der Waals surface area contributed by atoms with E-state index in [0.717, 1.165) is 5.56 Å². The van der Waals surface area contributed by atoms with Gasteiger partial charge in [-0.1, -0.05) is 38.1 Å². The average molecular weight is 326 g/mol. The van der Waals surface area contributed by atoms with Gasteiger partial charge in [-0.25, -0.2) is 4.79 Å². The van der Waals surface area contributed by atoms with Crippen LogP contribution in [-0.2, 0) is 11.3 Å². The van der Waals surface area contributed by atoms with E-state index in [1.165, 1.54) is 0 Å². The summed E-state index contributed by atoms with van der Waals surface area (Å²) in [5, 5.41) is 8.27. The molecule has 3 amide bonds. The fourth-order valence-electron chi connectivity index (χ4n) is 2.17. The Balaban J connectivity index is 1.90. The smallest absolute Gasteiger partial charge is 0.319 e. The standard InChI is InChI=1S/C18H22N4O2/c1-13(2)16(17(23)20-12-14-7-6-10-19-11-14)22-18(24)21-15-8-4-3-5-9-15/h3-11,13,16H,12H2,1-2H3,(H,20,23)(H2,21,22,24). The number of carbonyl (C=O) groups excluding carboxylic acids is 2. The van der Waals surface area contributed by atoms with Crippen molar-refractivity contribution in [1.29, 1.82) is 0 Å². The van der Waals surface area contributed by atoms with Gasteiger partial charge in [-0.2, -0.15) is 0 Å². The van der Waals surface area contributed by atoms with E-state index >= 15 is 0 Å². The number of aromatic nitrogens is 1. The molecule has 0 aliphatic rings. The Hall–Kier alpha value is -2.89. The second-order valence-electron chi connectivity index (χ2n) is 5.77. The van der Waals surface area contributed by atoms with Gasteiger partial charge in [-0.05, 0) is 29.7 Å². The van der Waals surface area contributed by atoms with Crippen LogP contribution in [0.15, 0.2) is 54.9 Å². The highest BCUT2D eigenvalue weighted by molar-refractivity contribution is 5.93. The molecule has 0 saturated heterocycles. The maximum absolute atomic E-state index is 12.4. The van der Waals surface area contributed by atoms with E-state index in [9.17, 15) is 9.59 Å². The Morgan fingerprint density at radius 1 is 1.08 bits per heavy atom. The van der Waals surface area contributed by atoms with Gasteiger partial charge in [0, 0.05) is 24.6 Å². The highest BCUT2D eigenvalue weighted by atomic mass is 16.2. The van der Waals surface area contributed by atoms with Gasteiger partial charge < -0.3 is 16.0 Å². The van der Waals surface area contributed by atoms with Gasteiger partial charge in [0.1, 0.15) is 6.04 Å². The lowest BCUT2D eigenvalue weighted by Crippen LogP contribution is -2.50. The average Bonchev–Trinajstić information content (AvgIpc) is 2.59. The molecule has 1 unspecified atom stereocenters. The quantitative estimate of drug-likeness (QED) is 0.763. The number of carbonyl (C=O) groups is 2. The third-order valence-electron chi connectivity index (χ3n) is 3.46. The molecule has 0 saturated carbocycles. The molecule has 126 valence electrons. The fraction of sp³-hybridized carbons (Fsp3) is 0.278. The van der Waals surface area contributed by atoms with Crippen LogP contribution in [0.5, 0.6) is 0 Å². The van der Waals surface area contributed by atoms with Crippen LogP contribution in [0, 0.1) is 5.92 Å². The summed E-state index contributed by atoms with van der Waals surface area (Å²) >= 11 is 0. The summed E-state index contributed by atoms with van der Waals surface area (Å²) in [6, 6.07) is 11.8. The van der Waals surface area contributed by atoms with E-state index in [1.54, 1.807) is 24.5 Å². The van der Waals surface area contributed by atoms with Crippen LogP contribution in [0.25, 0.3) is 0 Å². The molecular formula is C18H22N4O2. The lowest BCUT2D eigenvalue weighted by molar-refractivity contribution is -0.124. The van der Waals surface area contributed by atoms with E-state index in [4.69, 9.17) is 0 Å². The molecule has 0 aliphatic carbocycles. The van der Waals surface area contributed by atoms with Gasteiger partial charge in [0.25, 0.3) is 0 Å². The van der Waals surface area contributed by atoms with Crippen LogP contribution in [0.3, 0.4) is 0 Å². The summed E-state index contributed by atoms with van der Waals surface area (Å²) in [5.74, 6) is -0.266. The van der Waals surface area contributed by atoms with E-state index in [1.807, 2.05) is 44.2 Å². The lowest BCUT2D eigenvalue weighted by Gasteiger charge is -2.22. The maximum Gasteiger partial charge on any atom is 0.319 e. The first kappa shape index (κ1) is 17.5. The van der Waals surface area contributed by atoms with Gasteiger partial charge in [0.15, 0.2) is 0 Å². The van der Waals surface area contributed by atoms with E-state index in [0.29, 0.717) is 12.2 Å². The largest absolute Gasteiger partial charge is 0.350 e. The maximum atomic E-state index is 12.4. The van der Waals surface area contributed by atoms with E-state index < -0.39 is 12.1 Å². The summed E-state index contributed by atoms with van der Waals surface area (Å²) < 4.78 is 0. The highest BCUT2D eigenvalue weighted by Gasteiger charge is 2.23. The van der Waals surface area contributed by atoms with Crippen molar-refractivity contribution in [3.63, 3.8) is 0 Å². The van der Waals surface area contributed by atoms with Crippen LogP contribution >= 0.6 is 0 Å². The number of pyridine rings is 1. The summed E-state index contributed by atoms with van der Waals surface area (Å²) in [4.78, 5) is 28.5. The molecule has 1 heterocycles. The molecule has 1 aromatic carbocycles. The Morgan fingerprint density at radius 2 is 1.83 bits per heavy atom. The van der Waals surface area contributed by atoms with Crippen molar-refractivity contribution in [2.45, 2.75) is 26.4 Å². The molecule has 0 aliphatic heterocycles. The minimum atomic E-state index is -0.620. The van der Waals surface area contributed by atoms with Crippen molar-refractivity contribution in [2.75, 3.05) is 5.32 Å².